The minimum atomic E-state index is -0.336. The molecule has 1 saturated heterocycles. The summed E-state index contributed by atoms with van der Waals surface area (Å²) in [5.74, 6) is 0.318. The third-order valence-electron chi connectivity index (χ3n) is 5.34. The van der Waals surface area contributed by atoms with E-state index in [-0.39, 0.29) is 11.7 Å². The van der Waals surface area contributed by atoms with Gasteiger partial charge in [-0.15, -0.1) is 0 Å². The molecule has 5 heteroatoms. The van der Waals surface area contributed by atoms with Crippen molar-refractivity contribution in [3.05, 3.63) is 66.0 Å². The monoisotopic (exact) mass is 383 g/mol. The summed E-state index contributed by atoms with van der Waals surface area (Å²) in [6, 6.07) is 16.6. The van der Waals surface area contributed by atoms with Gasteiger partial charge in [0.15, 0.2) is 0 Å². The Bertz CT molecular complexity index is 745. The molecule has 0 saturated carbocycles. The molecule has 0 unspecified atom stereocenters. The number of carbonyl (C=O) groups is 1. The fraction of sp³-hybridized carbons (Fsp3) is 0.435. The van der Waals surface area contributed by atoms with Crippen LogP contribution in [-0.2, 0) is 11.3 Å². The van der Waals surface area contributed by atoms with E-state index in [1.165, 1.54) is 30.5 Å². The number of hydrogen-bond donors (Lipinski definition) is 1. The van der Waals surface area contributed by atoms with Gasteiger partial charge in [0.05, 0.1) is 0 Å². The molecule has 28 heavy (non-hydrogen) atoms. The summed E-state index contributed by atoms with van der Waals surface area (Å²) in [6.07, 6.45) is 2.78. The number of amides is 1. The number of anilines is 1. The lowest BCUT2D eigenvalue weighted by molar-refractivity contribution is -0.116. The Balaban J connectivity index is 1.33. The second-order valence-corrected chi connectivity index (χ2v) is 7.78. The highest BCUT2D eigenvalue weighted by molar-refractivity contribution is 5.90. The number of piperidine rings is 1. The minimum Gasteiger partial charge on any atom is -0.326 e. The van der Waals surface area contributed by atoms with Crippen LogP contribution in [0, 0.1) is 11.7 Å². The molecule has 1 aliphatic rings. The van der Waals surface area contributed by atoms with Crippen LogP contribution in [0.1, 0.15) is 24.8 Å². The van der Waals surface area contributed by atoms with Crippen molar-refractivity contribution in [1.82, 2.24) is 9.80 Å². The Morgan fingerprint density at radius 2 is 1.89 bits per heavy atom. The standard InChI is InChI=1S/C23H30FN3O/c1-26(17-19-6-3-2-4-7-19)18-20-10-13-27(14-11-20)15-12-23(28)25-22-9-5-8-21(24)16-22/h2-9,16,20H,10-15,17-18H2,1H3,(H,25,28). The van der Waals surface area contributed by atoms with Crippen LogP contribution in [0.5, 0.6) is 0 Å². The number of benzene rings is 2. The van der Waals surface area contributed by atoms with Gasteiger partial charge in [0.25, 0.3) is 0 Å². The number of nitrogens with zero attached hydrogens (tertiary/aromatic N) is 2. The molecule has 1 aliphatic heterocycles. The average Bonchev–Trinajstić information content (AvgIpc) is 2.68. The van der Waals surface area contributed by atoms with Gasteiger partial charge in [-0.25, -0.2) is 4.39 Å². The zero-order valence-corrected chi connectivity index (χ0v) is 16.6. The maximum Gasteiger partial charge on any atom is 0.225 e. The maximum absolute atomic E-state index is 13.2. The number of halogens is 1. The molecule has 1 fully saturated rings. The first-order valence-electron chi connectivity index (χ1n) is 10.1. The molecule has 0 atom stereocenters. The van der Waals surface area contributed by atoms with Crippen molar-refractivity contribution in [2.24, 2.45) is 5.92 Å². The van der Waals surface area contributed by atoms with Crippen LogP contribution in [0.4, 0.5) is 10.1 Å². The molecule has 0 spiro atoms. The number of hydrogen-bond acceptors (Lipinski definition) is 3. The molecule has 0 aliphatic carbocycles. The van der Waals surface area contributed by atoms with Gasteiger partial charge in [-0.1, -0.05) is 36.4 Å². The molecular formula is C23H30FN3O. The van der Waals surface area contributed by atoms with E-state index in [4.69, 9.17) is 0 Å². The summed E-state index contributed by atoms with van der Waals surface area (Å²) in [5.41, 5.74) is 1.87. The second kappa shape index (κ2) is 10.3. The first kappa shape index (κ1) is 20.5. The summed E-state index contributed by atoms with van der Waals surface area (Å²) >= 11 is 0. The molecular weight excluding hydrogens is 353 g/mol. The Hall–Kier alpha value is -2.24. The van der Waals surface area contributed by atoms with Crippen molar-refractivity contribution in [2.75, 3.05) is 38.5 Å². The lowest BCUT2D eigenvalue weighted by atomic mass is 9.96. The van der Waals surface area contributed by atoms with Gasteiger partial charge >= 0.3 is 0 Å². The van der Waals surface area contributed by atoms with Crippen LogP contribution < -0.4 is 5.32 Å². The summed E-state index contributed by atoms with van der Waals surface area (Å²) in [6.45, 7) is 4.94. The second-order valence-electron chi connectivity index (χ2n) is 7.78. The van der Waals surface area contributed by atoms with E-state index < -0.39 is 0 Å². The van der Waals surface area contributed by atoms with E-state index >= 15 is 0 Å². The van der Waals surface area contributed by atoms with Crippen molar-refractivity contribution in [2.45, 2.75) is 25.8 Å². The van der Waals surface area contributed by atoms with Gasteiger partial charge in [0.2, 0.25) is 5.91 Å². The third kappa shape index (κ3) is 6.73. The molecule has 0 aromatic heterocycles. The highest BCUT2D eigenvalue weighted by Crippen LogP contribution is 2.19. The van der Waals surface area contributed by atoms with E-state index in [9.17, 15) is 9.18 Å². The van der Waals surface area contributed by atoms with Gasteiger partial charge in [-0.2, -0.15) is 0 Å². The van der Waals surface area contributed by atoms with E-state index in [1.807, 2.05) is 0 Å². The summed E-state index contributed by atoms with van der Waals surface area (Å²) in [4.78, 5) is 16.8. The van der Waals surface area contributed by atoms with Gasteiger partial charge < -0.3 is 15.1 Å². The fourth-order valence-electron chi connectivity index (χ4n) is 3.84. The smallest absolute Gasteiger partial charge is 0.225 e. The SMILES string of the molecule is CN(Cc1ccccc1)CC1CCN(CCC(=O)Nc2cccc(F)c2)CC1. The van der Waals surface area contributed by atoms with Gasteiger partial charge in [-0.3, -0.25) is 4.79 Å². The Morgan fingerprint density at radius 3 is 2.61 bits per heavy atom. The number of carbonyl (C=O) groups excluding carboxylic acids is 1. The number of likely N-dealkylation sites (tertiary alicyclic amines) is 1. The summed E-state index contributed by atoms with van der Waals surface area (Å²) < 4.78 is 13.2. The van der Waals surface area contributed by atoms with E-state index in [0.717, 1.165) is 32.7 Å². The van der Waals surface area contributed by atoms with Crippen LogP contribution in [0.15, 0.2) is 54.6 Å². The molecule has 0 radical (unpaired) electrons. The van der Waals surface area contributed by atoms with Crippen molar-refractivity contribution in [3.63, 3.8) is 0 Å². The minimum absolute atomic E-state index is 0.0599. The van der Waals surface area contributed by atoms with Crippen molar-refractivity contribution < 1.29 is 9.18 Å². The Labute approximate surface area is 167 Å². The van der Waals surface area contributed by atoms with Crippen LogP contribution in [0.25, 0.3) is 0 Å². The number of rotatable bonds is 8. The largest absolute Gasteiger partial charge is 0.326 e. The van der Waals surface area contributed by atoms with Gasteiger partial charge in [0.1, 0.15) is 5.82 Å². The summed E-state index contributed by atoms with van der Waals surface area (Å²) in [7, 11) is 2.19. The molecule has 0 bridgehead atoms. The molecule has 150 valence electrons. The fourth-order valence-corrected chi connectivity index (χ4v) is 3.84. The predicted octanol–water partition coefficient (Wildman–Crippen LogP) is 4.00. The van der Waals surface area contributed by atoms with Crippen molar-refractivity contribution in [3.8, 4) is 0 Å². The van der Waals surface area contributed by atoms with E-state index in [0.29, 0.717) is 18.0 Å². The zero-order valence-electron chi connectivity index (χ0n) is 16.6. The highest BCUT2D eigenvalue weighted by Gasteiger charge is 2.20. The molecule has 1 amide bonds. The molecule has 1 heterocycles. The summed E-state index contributed by atoms with van der Waals surface area (Å²) in [5, 5.41) is 2.77. The van der Waals surface area contributed by atoms with E-state index in [2.05, 4.69) is 52.5 Å². The molecule has 4 nitrogen and oxygen atoms in total. The van der Waals surface area contributed by atoms with Gasteiger partial charge in [-0.05, 0) is 62.7 Å². The maximum atomic E-state index is 13.2. The lowest BCUT2D eigenvalue weighted by Crippen LogP contribution is -2.38. The molecule has 2 aromatic rings. The first-order chi connectivity index (χ1) is 13.6. The first-order valence-corrected chi connectivity index (χ1v) is 10.1. The van der Waals surface area contributed by atoms with E-state index in [1.54, 1.807) is 12.1 Å². The van der Waals surface area contributed by atoms with Crippen LogP contribution in [0.2, 0.25) is 0 Å². The predicted molar refractivity (Wildman–Crippen MR) is 112 cm³/mol. The molecule has 3 rings (SSSR count). The normalized spacial score (nSPS) is 15.7. The average molecular weight is 384 g/mol. The van der Waals surface area contributed by atoms with Crippen LogP contribution in [0.3, 0.4) is 0 Å². The molecule has 2 aromatic carbocycles. The van der Waals surface area contributed by atoms with Crippen molar-refractivity contribution in [1.29, 1.82) is 0 Å². The Kier molecular flexibility index (Phi) is 7.57. The Morgan fingerprint density at radius 1 is 1.14 bits per heavy atom. The van der Waals surface area contributed by atoms with Crippen LogP contribution >= 0.6 is 0 Å². The highest BCUT2D eigenvalue weighted by atomic mass is 19.1. The van der Waals surface area contributed by atoms with Crippen LogP contribution in [-0.4, -0.2) is 48.9 Å². The quantitative estimate of drug-likeness (QED) is 0.748. The molecule has 1 N–H and O–H groups in total. The van der Waals surface area contributed by atoms with Gasteiger partial charge in [0, 0.05) is 31.7 Å². The third-order valence-corrected chi connectivity index (χ3v) is 5.34. The lowest BCUT2D eigenvalue weighted by Gasteiger charge is -2.33. The zero-order chi connectivity index (χ0) is 19.8. The topological polar surface area (TPSA) is 35.6 Å². The van der Waals surface area contributed by atoms with Crippen molar-refractivity contribution >= 4 is 11.6 Å². The number of nitrogens with one attached hydrogen (secondary N) is 1.